The molecule has 0 amide bonds. The van der Waals surface area contributed by atoms with E-state index < -0.39 is 0 Å². The molecule has 0 aliphatic rings. The second kappa shape index (κ2) is 4.18. The highest BCUT2D eigenvalue weighted by Crippen LogP contribution is 2.09. The molecule has 1 aromatic heterocycles. The van der Waals surface area contributed by atoms with Crippen LogP contribution in [-0.4, -0.2) is 16.6 Å². The number of carbonyl (C=O) groups is 1. The third kappa shape index (κ3) is 1.85. The molecule has 0 saturated heterocycles. The van der Waals surface area contributed by atoms with Gasteiger partial charge in [-0.05, 0) is 17.5 Å². The first-order valence-corrected chi connectivity index (χ1v) is 3.48. The van der Waals surface area contributed by atoms with Crippen molar-refractivity contribution in [1.29, 1.82) is 0 Å². The van der Waals surface area contributed by atoms with E-state index in [1.54, 1.807) is 0 Å². The van der Waals surface area contributed by atoms with E-state index in [4.69, 9.17) is 9.90 Å². The molecule has 12 heavy (non-hydrogen) atoms. The SMILES string of the molecule is O=CO.c1ccc2[nH]ccc2c1. The molecule has 0 bridgehead atoms. The van der Waals surface area contributed by atoms with Crippen LogP contribution in [0.1, 0.15) is 0 Å². The molecule has 0 unspecified atom stereocenters. The molecule has 62 valence electrons. The standard InChI is InChI=1S/C8H7N.CH2O2/c1-2-4-8-7(3-1)5-6-9-8;2-1-3/h1-6,9H;1H,(H,2,3). The van der Waals surface area contributed by atoms with E-state index in [0.29, 0.717) is 0 Å². The van der Waals surface area contributed by atoms with Gasteiger partial charge in [-0.2, -0.15) is 0 Å². The Hall–Kier alpha value is -1.77. The summed E-state index contributed by atoms with van der Waals surface area (Å²) in [7, 11) is 0. The van der Waals surface area contributed by atoms with E-state index in [1.807, 2.05) is 18.3 Å². The van der Waals surface area contributed by atoms with Crippen molar-refractivity contribution in [3.8, 4) is 0 Å². The lowest BCUT2D eigenvalue weighted by molar-refractivity contribution is -0.122. The van der Waals surface area contributed by atoms with Crippen LogP contribution < -0.4 is 0 Å². The van der Waals surface area contributed by atoms with Gasteiger partial charge in [-0.1, -0.05) is 18.2 Å². The molecular weight excluding hydrogens is 154 g/mol. The van der Waals surface area contributed by atoms with Gasteiger partial charge in [0, 0.05) is 11.7 Å². The van der Waals surface area contributed by atoms with Crippen molar-refractivity contribution < 1.29 is 9.90 Å². The molecule has 2 aromatic rings. The van der Waals surface area contributed by atoms with Crippen molar-refractivity contribution >= 4 is 17.4 Å². The quantitative estimate of drug-likeness (QED) is 0.582. The predicted octanol–water partition coefficient (Wildman–Crippen LogP) is 1.87. The number of fused-ring (bicyclic) bond motifs is 1. The summed E-state index contributed by atoms with van der Waals surface area (Å²) in [6.45, 7) is -0.250. The lowest BCUT2D eigenvalue weighted by Gasteiger charge is -1.83. The first-order valence-electron chi connectivity index (χ1n) is 3.48. The molecule has 0 saturated carbocycles. The highest BCUT2D eigenvalue weighted by molar-refractivity contribution is 5.78. The van der Waals surface area contributed by atoms with Crippen molar-refractivity contribution in [3.63, 3.8) is 0 Å². The zero-order chi connectivity index (χ0) is 8.81. The van der Waals surface area contributed by atoms with Crippen molar-refractivity contribution in [2.24, 2.45) is 0 Å². The van der Waals surface area contributed by atoms with E-state index in [0.717, 1.165) is 0 Å². The second-order valence-electron chi connectivity index (χ2n) is 2.17. The van der Waals surface area contributed by atoms with Crippen LogP contribution in [0, 0.1) is 0 Å². The Morgan fingerprint density at radius 2 is 1.92 bits per heavy atom. The van der Waals surface area contributed by atoms with Crippen LogP contribution in [0.15, 0.2) is 36.5 Å². The van der Waals surface area contributed by atoms with Gasteiger partial charge in [0.25, 0.3) is 6.47 Å². The van der Waals surface area contributed by atoms with Gasteiger partial charge in [0.1, 0.15) is 0 Å². The van der Waals surface area contributed by atoms with Crippen LogP contribution in [0.4, 0.5) is 0 Å². The minimum atomic E-state index is -0.250. The Balaban J connectivity index is 0.000000213. The fraction of sp³-hybridized carbons (Fsp3) is 0. The minimum absolute atomic E-state index is 0.250. The smallest absolute Gasteiger partial charge is 0.290 e. The average Bonchev–Trinajstić information content (AvgIpc) is 2.52. The first kappa shape index (κ1) is 8.33. The summed E-state index contributed by atoms with van der Waals surface area (Å²) >= 11 is 0. The second-order valence-corrected chi connectivity index (χ2v) is 2.17. The number of hydrogen-bond acceptors (Lipinski definition) is 1. The van der Waals surface area contributed by atoms with Crippen LogP contribution in [0.2, 0.25) is 0 Å². The van der Waals surface area contributed by atoms with Crippen LogP contribution >= 0.6 is 0 Å². The molecule has 3 nitrogen and oxygen atoms in total. The van der Waals surface area contributed by atoms with Gasteiger partial charge in [0.2, 0.25) is 0 Å². The van der Waals surface area contributed by atoms with Gasteiger partial charge in [0.15, 0.2) is 0 Å². The predicted molar refractivity (Wildman–Crippen MR) is 47.0 cm³/mol. The fourth-order valence-corrected chi connectivity index (χ4v) is 0.995. The molecule has 0 atom stereocenters. The number of benzene rings is 1. The summed E-state index contributed by atoms with van der Waals surface area (Å²) in [5, 5.41) is 8.16. The number of hydrogen-bond donors (Lipinski definition) is 2. The van der Waals surface area contributed by atoms with Crippen LogP contribution in [-0.2, 0) is 4.79 Å². The zero-order valence-electron chi connectivity index (χ0n) is 6.40. The highest BCUT2D eigenvalue weighted by atomic mass is 16.3. The zero-order valence-corrected chi connectivity index (χ0v) is 6.40. The van der Waals surface area contributed by atoms with E-state index in [9.17, 15) is 0 Å². The Morgan fingerprint density at radius 1 is 1.25 bits per heavy atom. The number of rotatable bonds is 0. The monoisotopic (exact) mass is 163 g/mol. The molecule has 2 rings (SSSR count). The number of nitrogens with one attached hydrogen (secondary N) is 1. The molecule has 0 fully saturated rings. The Morgan fingerprint density at radius 3 is 2.58 bits per heavy atom. The highest BCUT2D eigenvalue weighted by Gasteiger charge is 1.86. The molecule has 0 radical (unpaired) electrons. The maximum Gasteiger partial charge on any atom is 0.290 e. The van der Waals surface area contributed by atoms with Gasteiger partial charge in [-0.3, -0.25) is 4.79 Å². The number of aromatic amines is 1. The molecule has 3 heteroatoms. The number of para-hydroxylation sites is 1. The first-order chi connectivity index (χ1) is 5.88. The molecule has 0 aliphatic heterocycles. The third-order valence-electron chi connectivity index (χ3n) is 1.46. The molecule has 2 N–H and O–H groups in total. The Labute approximate surface area is 69.6 Å². The van der Waals surface area contributed by atoms with Crippen LogP contribution in [0.25, 0.3) is 10.9 Å². The number of aromatic nitrogens is 1. The summed E-state index contributed by atoms with van der Waals surface area (Å²) in [5.74, 6) is 0. The van der Waals surface area contributed by atoms with Gasteiger partial charge in [-0.25, -0.2) is 0 Å². The number of H-pyrrole nitrogens is 1. The van der Waals surface area contributed by atoms with Crippen molar-refractivity contribution in [3.05, 3.63) is 36.5 Å². The van der Waals surface area contributed by atoms with E-state index >= 15 is 0 Å². The number of carboxylic acid groups (broad SMARTS) is 1. The largest absolute Gasteiger partial charge is 0.483 e. The van der Waals surface area contributed by atoms with Crippen LogP contribution in [0.3, 0.4) is 0 Å². The van der Waals surface area contributed by atoms with Crippen molar-refractivity contribution in [2.75, 3.05) is 0 Å². The molecule has 0 spiro atoms. The lowest BCUT2D eigenvalue weighted by Crippen LogP contribution is -1.61. The molecule has 1 heterocycles. The third-order valence-corrected chi connectivity index (χ3v) is 1.46. The topological polar surface area (TPSA) is 53.1 Å². The molecule has 1 aromatic carbocycles. The lowest BCUT2D eigenvalue weighted by atomic mass is 10.3. The van der Waals surface area contributed by atoms with Crippen molar-refractivity contribution in [2.45, 2.75) is 0 Å². The summed E-state index contributed by atoms with van der Waals surface area (Å²) in [6, 6.07) is 10.3. The maximum atomic E-state index is 8.36. The van der Waals surface area contributed by atoms with E-state index in [1.165, 1.54) is 10.9 Å². The van der Waals surface area contributed by atoms with Gasteiger partial charge >= 0.3 is 0 Å². The summed E-state index contributed by atoms with van der Waals surface area (Å²) in [5.41, 5.74) is 1.21. The maximum absolute atomic E-state index is 8.36. The molecule has 0 aliphatic carbocycles. The van der Waals surface area contributed by atoms with Crippen LogP contribution in [0.5, 0.6) is 0 Å². The van der Waals surface area contributed by atoms with Gasteiger partial charge < -0.3 is 10.1 Å². The summed E-state index contributed by atoms with van der Waals surface area (Å²) in [4.78, 5) is 11.5. The molecular formula is C9H9NO2. The van der Waals surface area contributed by atoms with E-state index in [-0.39, 0.29) is 6.47 Å². The minimum Gasteiger partial charge on any atom is -0.483 e. The normalized spacial score (nSPS) is 8.67. The Kier molecular flexibility index (Phi) is 2.90. The van der Waals surface area contributed by atoms with E-state index in [2.05, 4.69) is 23.2 Å². The summed E-state index contributed by atoms with van der Waals surface area (Å²) < 4.78 is 0. The fourth-order valence-electron chi connectivity index (χ4n) is 0.995. The van der Waals surface area contributed by atoms with Gasteiger partial charge in [0.05, 0.1) is 0 Å². The summed E-state index contributed by atoms with van der Waals surface area (Å²) in [6.07, 6.45) is 1.95. The van der Waals surface area contributed by atoms with Crippen molar-refractivity contribution in [1.82, 2.24) is 4.98 Å². The Bertz CT molecular complexity index is 324. The van der Waals surface area contributed by atoms with Gasteiger partial charge in [-0.15, -0.1) is 0 Å². The average molecular weight is 163 g/mol.